The van der Waals surface area contributed by atoms with Crippen molar-refractivity contribution in [1.82, 2.24) is 4.90 Å². The fourth-order valence-electron chi connectivity index (χ4n) is 2.94. The highest BCUT2D eigenvalue weighted by atomic mass is 16.7. The van der Waals surface area contributed by atoms with Crippen LogP contribution in [0.1, 0.15) is 44.9 Å². The zero-order chi connectivity index (χ0) is 13.5. The first kappa shape index (κ1) is 14.9. The minimum atomic E-state index is -0.0310. The Labute approximate surface area is 116 Å². The molecule has 0 N–H and O–H groups in total. The van der Waals surface area contributed by atoms with Gasteiger partial charge in [-0.1, -0.05) is 19.3 Å². The van der Waals surface area contributed by atoms with Crippen molar-refractivity contribution >= 4 is 5.78 Å². The summed E-state index contributed by atoms with van der Waals surface area (Å²) in [6.07, 6.45) is 7.59. The van der Waals surface area contributed by atoms with Gasteiger partial charge in [0.1, 0.15) is 5.78 Å². The predicted octanol–water partition coefficient (Wildman–Crippen LogP) is 2.22. The maximum absolute atomic E-state index is 12.1. The number of rotatable bonds is 7. The van der Waals surface area contributed by atoms with Crippen LogP contribution in [0.4, 0.5) is 0 Å². The Hall–Kier alpha value is -0.450. The van der Waals surface area contributed by atoms with E-state index in [1.54, 1.807) is 0 Å². The van der Waals surface area contributed by atoms with E-state index in [0.29, 0.717) is 31.3 Å². The molecule has 2 aliphatic rings. The van der Waals surface area contributed by atoms with Crippen LogP contribution in [0.5, 0.6) is 0 Å². The molecule has 0 aromatic carbocycles. The highest BCUT2D eigenvalue weighted by molar-refractivity contribution is 5.81. The number of carbonyl (C=O) groups excluding carboxylic acids is 1. The van der Waals surface area contributed by atoms with Gasteiger partial charge in [-0.3, -0.25) is 4.79 Å². The maximum Gasteiger partial charge on any atom is 0.159 e. The van der Waals surface area contributed by atoms with Crippen LogP contribution in [0.25, 0.3) is 0 Å². The van der Waals surface area contributed by atoms with E-state index in [-0.39, 0.29) is 6.29 Å². The third-order valence-corrected chi connectivity index (χ3v) is 4.24. The fraction of sp³-hybridized carbons (Fsp3) is 0.933. The number of ether oxygens (including phenoxy) is 2. The Kier molecular flexibility index (Phi) is 6.28. The summed E-state index contributed by atoms with van der Waals surface area (Å²) in [6, 6.07) is 0. The summed E-state index contributed by atoms with van der Waals surface area (Å²) in [7, 11) is 2.07. The molecule has 4 nitrogen and oxygen atoms in total. The summed E-state index contributed by atoms with van der Waals surface area (Å²) in [6.45, 7) is 3.23. The fourth-order valence-corrected chi connectivity index (χ4v) is 2.94. The van der Waals surface area contributed by atoms with E-state index in [4.69, 9.17) is 9.47 Å². The van der Waals surface area contributed by atoms with Gasteiger partial charge in [-0.05, 0) is 19.9 Å². The first-order valence-corrected chi connectivity index (χ1v) is 7.70. The first-order valence-electron chi connectivity index (χ1n) is 7.70. The lowest BCUT2D eigenvalue weighted by Gasteiger charge is -2.22. The van der Waals surface area contributed by atoms with Crippen molar-refractivity contribution in [2.24, 2.45) is 5.92 Å². The summed E-state index contributed by atoms with van der Waals surface area (Å²) in [4.78, 5) is 14.3. The van der Waals surface area contributed by atoms with E-state index in [2.05, 4.69) is 11.9 Å². The molecule has 1 saturated heterocycles. The molecule has 2 rings (SSSR count). The van der Waals surface area contributed by atoms with Crippen molar-refractivity contribution < 1.29 is 14.3 Å². The molecule has 1 aliphatic carbocycles. The van der Waals surface area contributed by atoms with E-state index < -0.39 is 0 Å². The summed E-state index contributed by atoms with van der Waals surface area (Å²) >= 11 is 0. The van der Waals surface area contributed by atoms with Crippen LogP contribution >= 0.6 is 0 Å². The van der Waals surface area contributed by atoms with Crippen molar-refractivity contribution in [1.29, 1.82) is 0 Å². The SMILES string of the molecule is CN(CCC(=O)C1CCCCC1)CCC1OCCO1. The van der Waals surface area contributed by atoms with Gasteiger partial charge in [0.15, 0.2) is 6.29 Å². The number of nitrogens with zero attached hydrogens (tertiary/aromatic N) is 1. The van der Waals surface area contributed by atoms with Crippen LogP contribution in [-0.2, 0) is 14.3 Å². The third-order valence-electron chi connectivity index (χ3n) is 4.24. The maximum atomic E-state index is 12.1. The van der Waals surface area contributed by atoms with E-state index in [9.17, 15) is 4.79 Å². The molecule has 1 heterocycles. The molecule has 19 heavy (non-hydrogen) atoms. The molecule has 1 saturated carbocycles. The molecule has 4 heteroatoms. The normalized spacial score (nSPS) is 22.2. The average molecular weight is 269 g/mol. The second-order valence-electron chi connectivity index (χ2n) is 5.81. The van der Waals surface area contributed by atoms with E-state index in [1.807, 2.05) is 0 Å². The standard InChI is InChI=1S/C15H27NO3/c1-16(10-8-15-18-11-12-19-15)9-7-14(17)13-5-3-2-4-6-13/h13,15H,2-12H2,1H3. The van der Waals surface area contributed by atoms with Gasteiger partial charge < -0.3 is 14.4 Å². The van der Waals surface area contributed by atoms with Crippen LogP contribution in [0, 0.1) is 5.92 Å². The Morgan fingerprint density at radius 3 is 2.47 bits per heavy atom. The number of hydrogen-bond acceptors (Lipinski definition) is 4. The summed E-state index contributed by atoms with van der Waals surface area (Å²) in [5, 5.41) is 0. The number of ketones is 1. The van der Waals surface area contributed by atoms with Crippen molar-refractivity contribution in [2.75, 3.05) is 33.4 Å². The Bertz CT molecular complexity index is 271. The number of Topliss-reactive ketones (excluding diaryl/α,β-unsaturated/α-hetero) is 1. The molecule has 2 fully saturated rings. The van der Waals surface area contributed by atoms with Gasteiger partial charge in [0.2, 0.25) is 0 Å². The monoisotopic (exact) mass is 269 g/mol. The minimum absolute atomic E-state index is 0.0310. The van der Waals surface area contributed by atoms with Gasteiger partial charge in [-0.15, -0.1) is 0 Å². The van der Waals surface area contributed by atoms with Crippen molar-refractivity contribution in [3.8, 4) is 0 Å². The molecule has 0 atom stereocenters. The molecule has 0 radical (unpaired) electrons. The van der Waals surface area contributed by atoms with Crippen LogP contribution in [-0.4, -0.2) is 50.3 Å². The smallest absolute Gasteiger partial charge is 0.159 e. The lowest BCUT2D eigenvalue weighted by atomic mass is 9.85. The molecule has 0 aromatic heterocycles. The van der Waals surface area contributed by atoms with E-state index in [1.165, 1.54) is 19.3 Å². The van der Waals surface area contributed by atoms with Crippen molar-refractivity contribution in [3.05, 3.63) is 0 Å². The summed E-state index contributed by atoms with van der Waals surface area (Å²) < 4.78 is 10.8. The molecular formula is C15H27NO3. The van der Waals surface area contributed by atoms with E-state index in [0.717, 1.165) is 32.4 Å². The Morgan fingerprint density at radius 1 is 1.11 bits per heavy atom. The zero-order valence-electron chi connectivity index (χ0n) is 12.1. The second kappa shape index (κ2) is 7.98. The van der Waals surface area contributed by atoms with Gasteiger partial charge in [-0.25, -0.2) is 0 Å². The van der Waals surface area contributed by atoms with Gasteiger partial charge >= 0.3 is 0 Å². The Morgan fingerprint density at radius 2 is 1.79 bits per heavy atom. The molecule has 0 bridgehead atoms. The number of carbonyl (C=O) groups is 1. The van der Waals surface area contributed by atoms with Crippen molar-refractivity contribution in [3.63, 3.8) is 0 Å². The van der Waals surface area contributed by atoms with Crippen LogP contribution < -0.4 is 0 Å². The third kappa shape index (κ3) is 5.21. The van der Waals surface area contributed by atoms with Crippen molar-refractivity contribution in [2.45, 2.75) is 51.2 Å². The highest BCUT2D eigenvalue weighted by Gasteiger charge is 2.21. The van der Waals surface area contributed by atoms with Gasteiger partial charge in [-0.2, -0.15) is 0 Å². The quantitative estimate of drug-likeness (QED) is 0.710. The molecule has 0 unspecified atom stereocenters. The van der Waals surface area contributed by atoms with Crippen LogP contribution in [0.3, 0.4) is 0 Å². The molecule has 1 aliphatic heterocycles. The topological polar surface area (TPSA) is 38.8 Å². The highest BCUT2D eigenvalue weighted by Crippen LogP contribution is 2.25. The number of hydrogen-bond donors (Lipinski definition) is 0. The molecular weight excluding hydrogens is 242 g/mol. The van der Waals surface area contributed by atoms with Gasteiger partial charge in [0.05, 0.1) is 13.2 Å². The first-order chi connectivity index (χ1) is 9.25. The summed E-state index contributed by atoms with van der Waals surface area (Å²) in [5.74, 6) is 0.823. The largest absolute Gasteiger partial charge is 0.350 e. The lowest BCUT2D eigenvalue weighted by molar-refractivity contribution is -0.124. The van der Waals surface area contributed by atoms with Crippen LogP contribution in [0.2, 0.25) is 0 Å². The van der Waals surface area contributed by atoms with E-state index >= 15 is 0 Å². The van der Waals surface area contributed by atoms with Gasteiger partial charge in [0.25, 0.3) is 0 Å². The zero-order valence-corrected chi connectivity index (χ0v) is 12.1. The van der Waals surface area contributed by atoms with Gasteiger partial charge in [0, 0.05) is 31.8 Å². The molecule has 0 spiro atoms. The minimum Gasteiger partial charge on any atom is -0.350 e. The molecule has 0 aromatic rings. The lowest BCUT2D eigenvalue weighted by Crippen LogP contribution is -2.28. The molecule has 0 amide bonds. The molecule has 110 valence electrons. The summed E-state index contributed by atoms with van der Waals surface area (Å²) in [5.41, 5.74) is 0. The van der Waals surface area contributed by atoms with Crippen LogP contribution in [0.15, 0.2) is 0 Å². The predicted molar refractivity (Wildman–Crippen MR) is 74.0 cm³/mol. The Balaban J connectivity index is 1.56. The average Bonchev–Trinajstić information content (AvgIpc) is 2.96. The second-order valence-corrected chi connectivity index (χ2v) is 5.81.